The first-order valence-electron chi connectivity index (χ1n) is 6.97. The van der Waals surface area contributed by atoms with E-state index in [2.05, 4.69) is 16.8 Å². The fourth-order valence-corrected chi connectivity index (χ4v) is 3.17. The van der Waals surface area contributed by atoms with Gasteiger partial charge in [-0.05, 0) is 24.7 Å². The summed E-state index contributed by atoms with van der Waals surface area (Å²) in [6.07, 6.45) is 0.346. The molecule has 0 amide bonds. The van der Waals surface area contributed by atoms with Gasteiger partial charge in [-0.1, -0.05) is 12.1 Å². The maximum atomic E-state index is 13.2. The molecule has 0 N–H and O–H groups in total. The molecule has 0 spiro atoms. The zero-order chi connectivity index (χ0) is 13.2. The van der Waals surface area contributed by atoms with E-state index in [1.54, 1.807) is 12.1 Å². The second-order valence-corrected chi connectivity index (χ2v) is 5.76. The van der Waals surface area contributed by atoms with Crippen LogP contribution in [0.1, 0.15) is 5.56 Å². The highest BCUT2D eigenvalue weighted by Crippen LogP contribution is 2.24. The van der Waals surface area contributed by atoms with E-state index in [4.69, 9.17) is 4.74 Å². The van der Waals surface area contributed by atoms with Gasteiger partial charge in [0.05, 0.1) is 12.7 Å². The number of benzene rings is 1. The first-order chi connectivity index (χ1) is 9.20. The van der Waals surface area contributed by atoms with E-state index in [0.717, 1.165) is 44.9 Å². The van der Waals surface area contributed by atoms with Crippen molar-refractivity contribution in [2.45, 2.75) is 12.6 Å². The van der Waals surface area contributed by atoms with Gasteiger partial charge >= 0.3 is 0 Å². The first-order valence-corrected chi connectivity index (χ1v) is 6.97. The molecule has 2 aliphatic rings. The molecular weight excluding hydrogens is 243 g/mol. The number of hydrogen-bond acceptors (Lipinski definition) is 3. The highest BCUT2D eigenvalue weighted by atomic mass is 19.1. The lowest BCUT2D eigenvalue weighted by molar-refractivity contribution is 0.0514. The van der Waals surface area contributed by atoms with Crippen molar-refractivity contribution in [1.82, 2.24) is 9.80 Å². The molecule has 2 heterocycles. The normalized spacial score (nSPS) is 29.2. The van der Waals surface area contributed by atoms with Crippen molar-refractivity contribution < 1.29 is 9.13 Å². The fourth-order valence-electron chi connectivity index (χ4n) is 3.17. The van der Waals surface area contributed by atoms with Crippen LogP contribution in [0.15, 0.2) is 24.3 Å². The molecule has 2 saturated heterocycles. The Bertz CT molecular complexity index is 440. The summed E-state index contributed by atoms with van der Waals surface area (Å²) in [4.78, 5) is 4.72. The van der Waals surface area contributed by atoms with Crippen molar-refractivity contribution in [1.29, 1.82) is 0 Å². The Morgan fingerprint density at radius 3 is 3.05 bits per heavy atom. The van der Waals surface area contributed by atoms with Crippen LogP contribution in [0.3, 0.4) is 0 Å². The Hall–Kier alpha value is -0.970. The van der Waals surface area contributed by atoms with Crippen molar-refractivity contribution in [2.75, 3.05) is 39.8 Å². The molecule has 104 valence electrons. The SMILES string of the molecule is CN1CCO[C@@H]2CN(Cc3cccc(F)c3)C[C@@H]2C1. The van der Waals surface area contributed by atoms with Crippen LogP contribution in [0.5, 0.6) is 0 Å². The highest BCUT2D eigenvalue weighted by molar-refractivity contribution is 5.16. The molecule has 0 aromatic heterocycles. The molecule has 3 rings (SSSR count). The fraction of sp³-hybridized carbons (Fsp3) is 0.600. The smallest absolute Gasteiger partial charge is 0.123 e. The molecule has 2 atom stereocenters. The minimum absolute atomic E-state index is 0.151. The third kappa shape index (κ3) is 3.14. The Morgan fingerprint density at radius 2 is 2.21 bits per heavy atom. The quantitative estimate of drug-likeness (QED) is 0.807. The van der Waals surface area contributed by atoms with Gasteiger partial charge in [0.1, 0.15) is 5.82 Å². The maximum absolute atomic E-state index is 13.2. The van der Waals surface area contributed by atoms with E-state index in [-0.39, 0.29) is 5.82 Å². The standard InChI is InChI=1S/C15H21FN2O/c1-17-5-6-19-15-11-18(10-13(15)9-17)8-12-3-2-4-14(16)7-12/h2-4,7,13,15H,5-6,8-11H2,1H3/t13-,15+/m0/s1. The summed E-state index contributed by atoms with van der Waals surface area (Å²) >= 11 is 0. The van der Waals surface area contributed by atoms with E-state index in [1.165, 1.54) is 6.07 Å². The van der Waals surface area contributed by atoms with Gasteiger partial charge in [-0.3, -0.25) is 4.90 Å². The predicted molar refractivity (Wildman–Crippen MR) is 72.4 cm³/mol. The van der Waals surface area contributed by atoms with Gasteiger partial charge in [-0.15, -0.1) is 0 Å². The van der Waals surface area contributed by atoms with Crippen molar-refractivity contribution in [3.63, 3.8) is 0 Å². The predicted octanol–water partition coefficient (Wildman–Crippen LogP) is 1.59. The first kappa shape index (κ1) is 13.0. The zero-order valence-corrected chi connectivity index (χ0v) is 11.4. The van der Waals surface area contributed by atoms with E-state index < -0.39 is 0 Å². The maximum Gasteiger partial charge on any atom is 0.123 e. The minimum Gasteiger partial charge on any atom is -0.375 e. The third-order valence-electron chi connectivity index (χ3n) is 4.10. The van der Waals surface area contributed by atoms with Crippen LogP contribution in [-0.2, 0) is 11.3 Å². The number of likely N-dealkylation sites (tertiary alicyclic amines) is 1. The van der Waals surface area contributed by atoms with Crippen molar-refractivity contribution in [2.24, 2.45) is 5.92 Å². The van der Waals surface area contributed by atoms with Crippen LogP contribution in [0.4, 0.5) is 4.39 Å². The van der Waals surface area contributed by atoms with Crippen LogP contribution in [0.25, 0.3) is 0 Å². The molecule has 2 aliphatic heterocycles. The number of ether oxygens (including phenoxy) is 1. The molecule has 2 fully saturated rings. The van der Waals surface area contributed by atoms with Gasteiger partial charge in [-0.25, -0.2) is 4.39 Å². The summed E-state index contributed by atoms with van der Waals surface area (Å²) in [6.45, 7) is 5.78. The van der Waals surface area contributed by atoms with Crippen molar-refractivity contribution >= 4 is 0 Å². The Kier molecular flexibility index (Phi) is 3.82. The molecule has 0 radical (unpaired) electrons. The van der Waals surface area contributed by atoms with Gasteiger partial charge in [0.2, 0.25) is 0 Å². The molecule has 0 bridgehead atoms. The molecule has 4 heteroatoms. The van der Waals surface area contributed by atoms with E-state index in [0.29, 0.717) is 12.0 Å². The topological polar surface area (TPSA) is 15.7 Å². The van der Waals surface area contributed by atoms with Crippen LogP contribution in [0.2, 0.25) is 0 Å². The van der Waals surface area contributed by atoms with Crippen LogP contribution in [0, 0.1) is 11.7 Å². The van der Waals surface area contributed by atoms with E-state index in [1.807, 2.05) is 6.07 Å². The molecule has 0 aliphatic carbocycles. The molecule has 1 aromatic carbocycles. The summed E-state index contributed by atoms with van der Waals surface area (Å²) in [5.41, 5.74) is 1.05. The molecule has 3 nitrogen and oxygen atoms in total. The Morgan fingerprint density at radius 1 is 1.32 bits per heavy atom. The molecule has 0 saturated carbocycles. The lowest BCUT2D eigenvalue weighted by atomic mass is 10.1. The number of nitrogens with zero attached hydrogens (tertiary/aromatic N) is 2. The highest BCUT2D eigenvalue weighted by Gasteiger charge is 2.35. The number of likely N-dealkylation sites (N-methyl/N-ethyl adjacent to an activating group) is 1. The summed E-state index contributed by atoms with van der Waals surface area (Å²) in [6, 6.07) is 6.89. The lowest BCUT2D eigenvalue weighted by Crippen LogP contribution is -2.29. The largest absolute Gasteiger partial charge is 0.375 e. The minimum atomic E-state index is -0.151. The number of hydrogen-bond donors (Lipinski definition) is 0. The van der Waals surface area contributed by atoms with Gasteiger partial charge in [0, 0.05) is 38.6 Å². The monoisotopic (exact) mass is 264 g/mol. The number of rotatable bonds is 2. The summed E-state index contributed by atoms with van der Waals surface area (Å²) in [7, 11) is 2.15. The molecule has 19 heavy (non-hydrogen) atoms. The summed E-state index contributed by atoms with van der Waals surface area (Å²) < 4.78 is 19.1. The average molecular weight is 264 g/mol. The van der Waals surface area contributed by atoms with Crippen LogP contribution in [-0.4, -0.2) is 55.7 Å². The van der Waals surface area contributed by atoms with Gasteiger partial charge in [-0.2, -0.15) is 0 Å². The average Bonchev–Trinajstić information content (AvgIpc) is 2.62. The molecular formula is C15H21FN2O. The summed E-state index contributed by atoms with van der Waals surface area (Å²) in [5.74, 6) is 0.433. The third-order valence-corrected chi connectivity index (χ3v) is 4.10. The van der Waals surface area contributed by atoms with Gasteiger partial charge < -0.3 is 9.64 Å². The van der Waals surface area contributed by atoms with Crippen LogP contribution >= 0.6 is 0 Å². The second-order valence-electron chi connectivity index (χ2n) is 5.76. The van der Waals surface area contributed by atoms with Gasteiger partial charge in [0.15, 0.2) is 0 Å². The number of halogens is 1. The van der Waals surface area contributed by atoms with Crippen LogP contribution < -0.4 is 0 Å². The zero-order valence-electron chi connectivity index (χ0n) is 11.4. The molecule has 0 unspecified atom stereocenters. The number of fused-ring (bicyclic) bond motifs is 1. The van der Waals surface area contributed by atoms with Crippen molar-refractivity contribution in [3.8, 4) is 0 Å². The second kappa shape index (κ2) is 5.57. The molecule has 1 aromatic rings. The van der Waals surface area contributed by atoms with Crippen molar-refractivity contribution in [3.05, 3.63) is 35.6 Å². The van der Waals surface area contributed by atoms with Gasteiger partial charge in [0.25, 0.3) is 0 Å². The van der Waals surface area contributed by atoms with E-state index >= 15 is 0 Å². The lowest BCUT2D eigenvalue weighted by Gasteiger charge is -2.19. The summed E-state index contributed by atoms with van der Waals surface area (Å²) in [5, 5.41) is 0. The Labute approximate surface area is 114 Å². The Balaban J connectivity index is 1.62. The van der Waals surface area contributed by atoms with E-state index in [9.17, 15) is 4.39 Å².